The van der Waals surface area contributed by atoms with Crippen molar-refractivity contribution in [3.8, 4) is 6.01 Å². The molecule has 2 unspecified atom stereocenters. The number of aliphatic carboxylic acids is 2. The molecule has 4 heterocycles. The van der Waals surface area contributed by atoms with E-state index >= 15 is 0 Å². The van der Waals surface area contributed by atoms with Crippen LogP contribution in [-0.2, 0) is 27.9 Å². The Balaban J connectivity index is 0.000000301. The number of piperidine rings is 1. The minimum Gasteiger partial charge on any atom is -0.475 e. The second-order valence-corrected chi connectivity index (χ2v) is 8.41. The Morgan fingerprint density at radius 3 is 2.21 bits per heavy atom. The summed E-state index contributed by atoms with van der Waals surface area (Å²) < 4.78 is 77.4. The molecule has 2 fully saturated rings. The summed E-state index contributed by atoms with van der Waals surface area (Å²) in [5.41, 5.74) is 1.15. The van der Waals surface area contributed by atoms with E-state index in [1.54, 1.807) is 18.5 Å². The molecule has 212 valence electrons. The molecule has 0 saturated carbocycles. The first kappa shape index (κ1) is 30.8. The van der Waals surface area contributed by atoms with E-state index in [0.717, 1.165) is 38.9 Å². The van der Waals surface area contributed by atoms with Gasteiger partial charge >= 0.3 is 30.3 Å². The Morgan fingerprint density at radius 2 is 1.71 bits per heavy atom. The number of nitrogens with zero attached hydrogens (tertiary/aromatic N) is 5. The highest BCUT2D eigenvalue weighted by atomic mass is 19.4. The van der Waals surface area contributed by atoms with E-state index < -0.39 is 24.3 Å². The highest BCUT2D eigenvalue weighted by molar-refractivity contribution is 5.73. The topological polar surface area (TPSA) is 140 Å². The van der Waals surface area contributed by atoms with Gasteiger partial charge in [0.05, 0.1) is 18.4 Å². The van der Waals surface area contributed by atoms with Crippen molar-refractivity contribution in [2.75, 3.05) is 19.7 Å². The number of aryl methyl sites for hydroxylation is 1. The molecule has 0 bridgehead atoms. The molecular weight excluding hydrogens is 532 g/mol. The van der Waals surface area contributed by atoms with Crippen molar-refractivity contribution in [2.45, 2.75) is 49.9 Å². The number of carboxylic acid groups (broad SMARTS) is 2. The smallest absolute Gasteiger partial charge is 0.475 e. The van der Waals surface area contributed by atoms with Crippen molar-refractivity contribution in [1.29, 1.82) is 0 Å². The summed E-state index contributed by atoms with van der Waals surface area (Å²) in [6.45, 7) is 3.58. The predicted octanol–water partition coefficient (Wildman–Crippen LogP) is 2.68. The fourth-order valence-corrected chi connectivity index (χ4v) is 3.80. The molecule has 4 rings (SSSR count). The van der Waals surface area contributed by atoms with Crippen LogP contribution in [0.2, 0.25) is 0 Å². The maximum Gasteiger partial charge on any atom is 0.490 e. The monoisotopic (exact) mass is 557 g/mol. The molecule has 2 aliphatic rings. The minimum absolute atomic E-state index is 0.0331. The molecule has 11 nitrogen and oxygen atoms in total. The minimum atomic E-state index is -5.08. The molecule has 0 aromatic carbocycles. The van der Waals surface area contributed by atoms with Crippen molar-refractivity contribution in [2.24, 2.45) is 7.05 Å². The summed E-state index contributed by atoms with van der Waals surface area (Å²) in [5.74, 6) is -5.51. The van der Waals surface area contributed by atoms with E-state index in [1.165, 1.54) is 5.56 Å². The summed E-state index contributed by atoms with van der Waals surface area (Å²) in [5, 5.41) is 18.5. The van der Waals surface area contributed by atoms with E-state index in [9.17, 15) is 26.3 Å². The Morgan fingerprint density at radius 1 is 1.13 bits per heavy atom. The van der Waals surface area contributed by atoms with Crippen LogP contribution in [0, 0.1) is 0 Å². The molecule has 0 amide bonds. The molecule has 2 N–H and O–H groups in total. The number of alkyl halides is 6. The third-order valence-electron chi connectivity index (χ3n) is 5.26. The standard InChI is InChI=1S/C17H23N5O2.2C2HF3O2/c1-21-10-14(9-20-21)11-22-7-2-4-17(13-22)8-15(12-23-17)24-16-18-5-3-6-19-16;2*3-2(4,5)1(6)7/h3,5-6,9-10,15H,2,4,7-8,11-13H2,1H3;2*(H,6,7). The van der Waals surface area contributed by atoms with Crippen LogP contribution in [0.1, 0.15) is 24.8 Å². The molecule has 2 aromatic rings. The van der Waals surface area contributed by atoms with Gasteiger partial charge in [0.15, 0.2) is 0 Å². The molecule has 2 saturated heterocycles. The van der Waals surface area contributed by atoms with Gasteiger partial charge in [-0.3, -0.25) is 9.58 Å². The largest absolute Gasteiger partial charge is 0.490 e. The number of halogens is 6. The van der Waals surface area contributed by atoms with Crippen molar-refractivity contribution in [3.63, 3.8) is 0 Å². The van der Waals surface area contributed by atoms with Gasteiger partial charge in [-0.2, -0.15) is 31.4 Å². The SMILES string of the molecule is Cn1cc(CN2CCCC3(CC(Oc4ncccn4)CO3)C2)cn1.O=C(O)C(F)(F)F.O=C(O)C(F)(F)F. The molecule has 2 atom stereocenters. The number of carboxylic acids is 2. The number of carbonyl (C=O) groups is 2. The number of aromatic nitrogens is 4. The molecule has 38 heavy (non-hydrogen) atoms. The fourth-order valence-electron chi connectivity index (χ4n) is 3.80. The first-order valence-electron chi connectivity index (χ1n) is 11.0. The lowest BCUT2D eigenvalue weighted by atomic mass is 9.89. The molecule has 2 aromatic heterocycles. The van der Waals surface area contributed by atoms with Gasteiger partial charge in [-0.25, -0.2) is 19.6 Å². The highest BCUT2D eigenvalue weighted by Crippen LogP contribution is 2.36. The molecule has 0 aliphatic carbocycles. The number of ether oxygens (including phenoxy) is 2. The van der Waals surface area contributed by atoms with Gasteiger partial charge < -0.3 is 19.7 Å². The third kappa shape index (κ3) is 10.1. The van der Waals surface area contributed by atoms with Crippen molar-refractivity contribution in [1.82, 2.24) is 24.6 Å². The normalized spacial score (nSPS) is 21.6. The molecule has 2 aliphatic heterocycles. The Labute approximate surface area is 212 Å². The van der Waals surface area contributed by atoms with Crippen LogP contribution >= 0.6 is 0 Å². The van der Waals surface area contributed by atoms with Gasteiger partial charge in [0.25, 0.3) is 0 Å². The van der Waals surface area contributed by atoms with Crippen molar-refractivity contribution < 1.29 is 55.6 Å². The zero-order chi connectivity index (χ0) is 28.6. The van der Waals surface area contributed by atoms with E-state index in [1.807, 2.05) is 17.9 Å². The fraction of sp³-hybridized carbons (Fsp3) is 0.571. The van der Waals surface area contributed by atoms with E-state index in [-0.39, 0.29) is 11.7 Å². The van der Waals surface area contributed by atoms with Crippen LogP contribution < -0.4 is 4.74 Å². The average Bonchev–Trinajstić information content (AvgIpc) is 3.39. The average molecular weight is 557 g/mol. The molecule has 0 radical (unpaired) electrons. The van der Waals surface area contributed by atoms with Crippen molar-refractivity contribution in [3.05, 3.63) is 36.4 Å². The van der Waals surface area contributed by atoms with E-state index in [0.29, 0.717) is 12.6 Å². The van der Waals surface area contributed by atoms with Crippen LogP contribution in [0.25, 0.3) is 0 Å². The van der Waals surface area contributed by atoms with Crippen LogP contribution in [0.5, 0.6) is 6.01 Å². The first-order chi connectivity index (χ1) is 17.6. The zero-order valence-electron chi connectivity index (χ0n) is 19.9. The number of hydrogen-bond acceptors (Lipinski definition) is 8. The summed E-state index contributed by atoms with van der Waals surface area (Å²) in [6, 6.07) is 2.22. The molecular formula is C21H25F6N5O6. The Kier molecular flexibility index (Phi) is 10.4. The zero-order valence-corrected chi connectivity index (χ0v) is 19.9. The van der Waals surface area contributed by atoms with Crippen molar-refractivity contribution >= 4 is 11.9 Å². The van der Waals surface area contributed by atoms with Gasteiger partial charge in [0.2, 0.25) is 0 Å². The molecule has 17 heteroatoms. The second-order valence-electron chi connectivity index (χ2n) is 8.41. The lowest BCUT2D eigenvalue weighted by Crippen LogP contribution is -2.47. The maximum absolute atomic E-state index is 10.6. The van der Waals surface area contributed by atoms with Gasteiger partial charge in [-0.1, -0.05) is 0 Å². The lowest BCUT2D eigenvalue weighted by molar-refractivity contribution is -0.193. The summed E-state index contributed by atoms with van der Waals surface area (Å²) >= 11 is 0. The van der Waals surface area contributed by atoms with Crippen LogP contribution in [-0.4, -0.2) is 90.6 Å². The van der Waals surface area contributed by atoms with E-state index in [4.69, 9.17) is 29.3 Å². The van der Waals surface area contributed by atoms with Crippen LogP contribution in [0.3, 0.4) is 0 Å². The van der Waals surface area contributed by atoms with Gasteiger partial charge in [0, 0.05) is 50.7 Å². The van der Waals surface area contributed by atoms with E-state index in [2.05, 4.69) is 26.2 Å². The number of likely N-dealkylation sites (tertiary alicyclic amines) is 1. The summed E-state index contributed by atoms with van der Waals surface area (Å²) in [6.07, 6.45) is 0.417. The Hall–Kier alpha value is -3.47. The summed E-state index contributed by atoms with van der Waals surface area (Å²) in [4.78, 5) is 28.5. The summed E-state index contributed by atoms with van der Waals surface area (Å²) in [7, 11) is 1.95. The number of rotatable bonds is 4. The second kappa shape index (κ2) is 12.9. The quantitative estimate of drug-likeness (QED) is 0.540. The van der Waals surface area contributed by atoms with Crippen LogP contribution in [0.15, 0.2) is 30.9 Å². The first-order valence-corrected chi connectivity index (χ1v) is 11.0. The van der Waals surface area contributed by atoms with Gasteiger partial charge in [-0.15, -0.1) is 0 Å². The Bertz CT molecular complexity index is 1030. The molecule has 1 spiro atoms. The lowest BCUT2D eigenvalue weighted by Gasteiger charge is -2.39. The predicted molar refractivity (Wildman–Crippen MR) is 115 cm³/mol. The number of hydrogen-bond donors (Lipinski definition) is 2. The van der Waals surface area contributed by atoms with Gasteiger partial charge in [-0.05, 0) is 25.5 Å². The maximum atomic E-state index is 10.6. The van der Waals surface area contributed by atoms with Gasteiger partial charge in [0.1, 0.15) is 6.10 Å². The third-order valence-corrected chi connectivity index (χ3v) is 5.26. The van der Waals surface area contributed by atoms with Crippen LogP contribution in [0.4, 0.5) is 26.3 Å². The highest BCUT2D eigenvalue weighted by Gasteiger charge is 2.44.